The number of rotatable bonds is 5. The van der Waals surface area contributed by atoms with Crippen LogP contribution in [0.25, 0.3) is 0 Å². The lowest BCUT2D eigenvalue weighted by Gasteiger charge is -2.43. The second-order valence-corrected chi connectivity index (χ2v) is 7.55. The first-order chi connectivity index (χ1) is 9.91. The predicted octanol–water partition coefficient (Wildman–Crippen LogP) is 4.24. The number of nitrogens with zero attached hydrogens (tertiary/aromatic N) is 1. The largest absolute Gasteiger partial charge is 0.374 e. The van der Waals surface area contributed by atoms with Crippen LogP contribution in [0.4, 0.5) is 5.69 Å². The Morgan fingerprint density at radius 1 is 1.24 bits per heavy atom. The maximum Gasteiger partial charge on any atom is 0.0363 e. The zero-order chi connectivity index (χ0) is 15.5. The van der Waals surface area contributed by atoms with Crippen molar-refractivity contribution in [3.05, 3.63) is 29.8 Å². The topological polar surface area (TPSA) is 15.3 Å². The standard InChI is InChI=1S/C19H32N2/c1-6-20-18-11-12-19(3,4)13-16(18)14-21(5)17-9-7-15(2)8-10-17/h7-10,16,18,20H,6,11-14H2,1-5H3. The molecule has 0 aromatic heterocycles. The smallest absolute Gasteiger partial charge is 0.0363 e. The van der Waals surface area contributed by atoms with E-state index in [1.54, 1.807) is 0 Å². The van der Waals surface area contributed by atoms with Crippen molar-refractivity contribution in [1.29, 1.82) is 0 Å². The van der Waals surface area contributed by atoms with Crippen LogP contribution in [-0.2, 0) is 0 Å². The molecule has 0 amide bonds. The Morgan fingerprint density at radius 3 is 2.52 bits per heavy atom. The van der Waals surface area contributed by atoms with E-state index in [9.17, 15) is 0 Å². The Morgan fingerprint density at radius 2 is 1.90 bits per heavy atom. The molecule has 0 aliphatic heterocycles. The number of hydrogen-bond acceptors (Lipinski definition) is 2. The summed E-state index contributed by atoms with van der Waals surface area (Å²) in [6, 6.07) is 9.57. The van der Waals surface area contributed by atoms with Crippen LogP contribution in [0.3, 0.4) is 0 Å². The van der Waals surface area contributed by atoms with Gasteiger partial charge in [-0.3, -0.25) is 0 Å². The minimum absolute atomic E-state index is 0.491. The summed E-state index contributed by atoms with van der Waals surface area (Å²) in [5.41, 5.74) is 3.15. The summed E-state index contributed by atoms with van der Waals surface area (Å²) in [6.07, 6.45) is 3.98. The fourth-order valence-electron chi connectivity index (χ4n) is 3.72. The third kappa shape index (κ3) is 4.47. The van der Waals surface area contributed by atoms with E-state index in [0.29, 0.717) is 11.5 Å². The van der Waals surface area contributed by atoms with Crippen LogP contribution in [0.15, 0.2) is 24.3 Å². The molecule has 21 heavy (non-hydrogen) atoms. The number of aryl methyl sites for hydroxylation is 1. The minimum atomic E-state index is 0.491. The number of benzene rings is 1. The molecule has 1 saturated carbocycles. The van der Waals surface area contributed by atoms with E-state index in [-0.39, 0.29) is 0 Å². The average Bonchev–Trinajstić information content (AvgIpc) is 2.42. The van der Waals surface area contributed by atoms with E-state index in [1.165, 1.54) is 30.5 Å². The molecule has 118 valence electrons. The fraction of sp³-hybridized carbons (Fsp3) is 0.684. The molecule has 2 rings (SSSR count). The van der Waals surface area contributed by atoms with Crippen LogP contribution >= 0.6 is 0 Å². The Labute approximate surface area is 130 Å². The highest BCUT2D eigenvalue weighted by Gasteiger charge is 2.34. The van der Waals surface area contributed by atoms with Gasteiger partial charge in [0, 0.05) is 25.3 Å². The first-order valence-electron chi connectivity index (χ1n) is 8.42. The molecule has 2 unspecified atom stereocenters. The molecule has 2 nitrogen and oxygen atoms in total. The van der Waals surface area contributed by atoms with Crippen LogP contribution in [0, 0.1) is 18.3 Å². The summed E-state index contributed by atoms with van der Waals surface area (Å²) in [5, 5.41) is 3.71. The van der Waals surface area contributed by atoms with Gasteiger partial charge in [0.2, 0.25) is 0 Å². The highest BCUT2D eigenvalue weighted by Crippen LogP contribution is 2.39. The van der Waals surface area contributed by atoms with E-state index in [2.05, 4.69) is 69.2 Å². The zero-order valence-electron chi connectivity index (χ0n) is 14.4. The van der Waals surface area contributed by atoms with Crippen LogP contribution in [0.1, 0.15) is 45.6 Å². The minimum Gasteiger partial charge on any atom is -0.374 e. The molecule has 0 radical (unpaired) electrons. The molecule has 1 aromatic rings. The first-order valence-corrected chi connectivity index (χ1v) is 8.42. The van der Waals surface area contributed by atoms with E-state index in [1.807, 2.05) is 0 Å². The van der Waals surface area contributed by atoms with Crippen LogP contribution in [-0.4, -0.2) is 26.2 Å². The van der Waals surface area contributed by atoms with Crippen molar-refractivity contribution in [1.82, 2.24) is 5.32 Å². The number of nitrogens with one attached hydrogen (secondary N) is 1. The van der Waals surface area contributed by atoms with Crippen molar-refractivity contribution < 1.29 is 0 Å². The molecule has 1 aliphatic rings. The van der Waals surface area contributed by atoms with Crippen molar-refractivity contribution in [2.75, 3.05) is 25.0 Å². The van der Waals surface area contributed by atoms with Crippen molar-refractivity contribution in [2.24, 2.45) is 11.3 Å². The predicted molar refractivity (Wildman–Crippen MR) is 93.0 cm³/mol. The van der Waals surface area contributed by atoms with Gasteiger partial charge in [0.05, 0.1) is 0 Å². The highest BCUT2D eigenvalue weighted by atomic mass is 15.1. The third-order valence-electron chi connectivity index (χ3n) is 4.97. The van der Waals surface area contributed by atoms with Crippen LogP contribution < -0.4 is 10.2 Å². The molecule has 1 aromatic carbocycles. The van der Waals surface area contributed by atoms with Gasteiger partial charge in [-0.1, -0.05) is 38.5 Å². The molecule has 1 fully saturated rings. The van der Waals surface area contributed by atoms with Gasteiger partial charge in [0.15, 0.2) is 0 Å². The highest BCUT2D eigenvalue weighted by molar-refractivity contribution is 5.46. The summed E-state index contributed by atoms with van der Waals surface area (Å²) in [7, 11) is 2.23. The van der Waals surface area contributed by atoms with Crippen LogP contribution in [0.2, 0.25) is 0 Å². The molecular formula is C19H32N2. The molecule has 0 spiro atoms. The Bertz CT molecular complexity index is 435. The second kappa shape index (κ2) is 6.83. The number of hydrogen-bond donors (Lipinski definition) is 1. The van der Waals surface area contributed by atoms with Crippen molar-refractivity contribution in [2.45, 2.75) is 53.0 Å². The monoisotopic (exact) mass is 288 g/mol. The van der Waals surface area contributed by atoms with Crippen molar-refractivity contribution in [3.8, 4) is 0 Å². The summed E-state index contributed by atoms with van der Waals surface area (Å²) in [5.74, 6) is 0.736. The van der Waals surface area contributed by atoms with Crippen LogP contribution in [0.5, 0.6) is 0 Å². The lowest BCUT2D eigenvalue weighted by molar-refractivity contribution is 0.143. The molecule has 0 bridgehead atoms. The lowest BCUT2D eigenvalue weighted by Crippen LogP contribution is -2.47. The van der Waals surface area contributed by atoms with Crippen molar-refractivity contribution >= 4 is 5.69 Å². The molecule has 0 heterocycles. The average molecular weight is 288 g/mol. The Kier molecular flexibility index (Phi) is 5.32. The summed E-state index contributed by atoms with van der Waals surface area (Å²) < 4.78 is 0. The normalized spacial score (nSPS) is 24.8. The Balaban J connectivity index is 2.04. The van der Waals surface area contributed by atoms with Gasteiger partial charge < -0.3 is 10.2 Å². The number of anilines is 1. The maximum absolute atomic E-state index is 3.71. The SMILES string of the molecule is CCNC1CCC(C)(C)CC1CN(C)c1ccc(C)cc1. The van der Waals surface area contributed by atoms with Gasteiger partial charge in [0.1, 0.15) is 0 Å². The van der Waals surface area contributed by atoms with Gasteiger partial charge in [-0.25, -0.2) is 0 Å². The third-order valence-corrected chi connectivity index (χ3v) is 4.97. The summed E-state index contributed by atoms with van der Waals surface area (Å²) in [6.45, 7) is 11.4. The van der Waals surface area contributed by atoms with Gasteiger partial charge >= 0.3 is 0 Å². The quantitative estimate of drug-likeness (QED) is 0.872. The maximum atomic E-state index is 3.71. The zero-order valence-corrected chi connectivity index (χ0v) is 14.4. The van der Waals surface area contributed by atoms with E-state index < -0.39 is 0 Å². The van der Waals surface area contributed by atoms with E-state index >= 15 is 0 Å². The van der Waals surface area contributed by atoms with Gasteiger partial charge in [0.25, 0.3) is 0 Å². The second-order valence-electron chi connectivity index (χ2n) is 7.55. The molecule has 1 N–H and O–H groups in total. The van der Waals surface area contributed by atoms with Gasteiger partial charge in [-0.15, -0.1) is 0 Å². The van der Waals surface area contributed by atoms with E-state index in [4.69, 9.17) is 0 Å². The molecule has 2 atom stereocenters. The Hall–Kier alpha value is -1.02. The fourth-order valence-corrected chi connectivity index (χ4v) is 3.72. The lowest BCUT2D eigenvalue weighted by atomic mass is 9.69. The summed E-state index contributed by atoms with van der Waals surface area (Å²) >= 11 is 0. The van der Waals surface area contributed by atoms with E-state index in [0.717, 1.165) is 19.0 Å². The molecule has 0 saturated heterocycles. The molecule has 2 heteroatoms. The molecule has 1 aliphatic carbocycles. The van der Waals surface area contributed by atoms with Crippen molar-refractivity contribution in [3.63, 3.8) is 0 Å². The van der Waals surface area contributed by atoms with Gasteiger partial charge in [-0.2, -0.15) is 0 Å². The molecular weight excluding hydrogens is 256 g/mol. The first kappa shape index (κ1) is 16.4. The van der Waals surface area contributed by atoms with Gasteiger partial charge in [-0.05, 0) is 56.2 Å². The summed E-state index contributed by atoms with van der Waals surface area (Å²) in [4.78, 5) is 2.43.